The molecule has 0 N–H and O–H groups in total. The minimum Gasteiger partial charge on any atom is -0.476 e. The van der Waals surface area contributed by atoms with Crippen molar-refractivity contribution in [1.29, 1.82) is 0 Å². The predicted octanol–water partition coefficient (Wildman–Crippen LogP) is 5.34. The number of rotatable bonds is 9. The van der Waals surface area contributed by atoms with E-state index in [1.807, 2.05) is 70.4 Å². The molecule has 3 rings (SSSR count). The van der Waals surface area contributed by atoms with Crippen LogP contribution in [0.3, 0.4) is 0 Å². The second-order valence-corrected chi connectivity index (χ2v) is 8.88. The molecule has 0 fully saturated rings. The van der Waals surface area contributed by atoms with Gasteiger partial charge in [-0.1, -0.05) is 18.2 Å². The second kappa shape index (κ2) is 10.8. The van der Waals surface area contributed by atoms with Crippen LogP contribution >= 0.6 is 23.6 Å². The molecule has 6 nitrogen and oxygen atoms in total. The first-order valence-electron chi connectivity index (χ1n) is 10.2. The smallest absolute Gasteiger partial charge is 0.270 e. The van der Waals surface area contributed by atoms with E-state index >= 15 is 0 Å². The summed E-state index contributed by atoms with van der Waals surface area (Å²) < 4.78 is 17.2. The van der Waals surface area contributed by atoms with Crippen molar-refractivity contribution in [2.75, 3.05) is 44.2 Å². The average Bonchev–Trinajstić information content (AvgIpc) is 3.34. The number of likely N-dealkylation sites (N-methyl/N-ethyl adjacent to an activating group) is 1. The summed E-state index contributed by atoms with van der Waals surface area (Å²) in [6.07, 6.45) is 0. The maximum absolute atomic E-state index is 5.86. The summed E-state index contributed by atoms with van der Waals surface area (Å²) in [6.45, 7) is 5.32. The fourth-order valence-electron chi connectivity index (χ4n) is 2.87. The van der Waals surface area contributed by atoms with Gasteiger partial charge >= 0.3 is 0 Å². The Labute approximate surface area is 199 Å². The molecule has 170 valence electrons. The molecule has 32 heavy (non-hydrogen) atoms. The Morgan fingerprint density at radius 2 is 1.84 bits per heavy atom. The Bertz CT molecular complexity index is 1010. The number of benzene rings is 1. The van der Waals surface area contributed by atoms with E-state index in [0.717, 1.165) is 12.1 Å². The molecule has 0 saturated carbocycles. The van der Waals surface area contributed by atoms with E-state index in [1.54, 1.807) is 23.3 Å². The van der Waals surface area contributed by atoms with E-state index in [9.17, 15) is 0 Å². The molecule has 0 amide bonds. The van der Waals surface area contributed by atoms with Crippen molar-refractivity contribution in [3.8, 4) is 11.6 Å². The zero-order chi connectivity index (χ0) is 23.1. The number of anilines is 2. The Hall–Kier alpha value is -2.68. The zero-order valence-corrected chi connectivity index (χ0v) is 20.7. The number of methoxy groups -OCH3 is 1. The lowest BCUT2D eigenvalue weighted by molar-refractivity contribution is 0.0192. The SMILES string of the molecule is COC(C)(C)c1ccc(OC(=S)N(C)c2cccc(OCCN(C)c3ccsc3)n2)cc1. The molecule has 2 aromatic heterocycles. The summed E-state index contributed by atoms with van der Waals surface area (Å²) in [5, 5.41) is 4.47. The molecule has 2 heterocycles. The third-order valence-electron chi connectivity index (χ3n) is 5.21. The number of thiocarbonyl (C=S) groups is 1. The zero-order valence-electron chi connectivity index (χ0n) is 19.1. The van der Waals surface area contributed by atoms with Crippen LogP contribution in [0.25, 0.3) is 0 Å². The molecule has 1 aromatic carbocycles. The van der Waals surface area contributed by atoms with Crippen LogP contribution in [-0.2, 0) is 10.3 Å². The van der Waals surface area contributed by atoms with Gasteiger partial charge in [-0.05, 0) is 61.3 Å². The lowest BCUT2D eigenvalue weighted by Gasteiger charge is -2.24. The second-order valence-electron chi connectivity index (χ2n) is 7.75. The van der Waals surface area contributed by atoms with Crippen molar-refractivity contribution >= 4 is 40.2 Å². The lowest BCUT2D eigenvalue weighted by atomic mass is 9.98. The largest absolute Gasteiger partial charge is 0.476 e. The highest BCUT2D eigenvalue weighted by atomic mass is 32.1. The molecule has 0 saturated heterocycles. The van der Waals surface area contributed by atoms with Gasteiger partial charge in [0, 0.05) is 38.3 Å². The van der Waals surface area contributed by atoms with Gasteiger partial charge < -0.3 is 19.1 Å². The summed E-state index contributed by atoms with van der Waals surface area (Å²) in [4.78, 5) is 8.42. The normalized spacial score (nSPS) is 11.2. The molecule has 0 aliphatic rings. The van der Waals surface area contributed by atoms with Gasteiger partial charge in [0.1, 0.15) is 18.2 Å². The maximum atomic E-state index is 5.86. The van der Waals surface area contributed by atoms with E-state index in [1.165, 1.54) is 5.69 Å². The van der Waals surface area contributed by atoms with Crippen LogP contribution in [0.4, 0.5) is 11.5 Å². The van der Waals surface area contributed by atoms with E-state index < -0.39 is 0 Å². The minimum absolute atomic E-state index is 0.297. The first-order chi connectivity index (χ1) is 15.3. The molecule has 0 radical (unpaired) electrons. The summed E-state index contributed by atoms with van der Waals surface area (Å²) in [7, 11) is 5.56. The standard InChI is InChI=1S/C24H29N3O3S2/c1-24(2,28-5)18-9-11-20(12-10-18)30-23(31)27(4)21-7-6-8-22(25-21)29-15-14-26(3)19-13-16-32-17-19/h6-13,16-17H,14-15H2,1-5H3. The molecule has 0 bridgehead atoms. The maximum Gasteiger partial charge on any atom is 0.270 e. The van der Waals surface area contributed by atoms with Crippen molar-refractivity contribution in [3.63, 3.8) is 0 Å². The molecular formula is C24H29N3O3S2. The molecule has 0 aliphatic carbocycles. The van der Waals surface area contributed by atoms with Crippen LogP contribution < -0.4 is 19.3 Å². The quantitative estimate of drug-likeness (QED) is 0.390. The third kappa shape index (κ3) is 6.18. The van der Waals surface area contributed by atoms with Gasteiger partial charge in [-0.2, -0.15) is 16.3 Å². The number of nitrogens with zero attached hydrogens (tertiary/aromatic N) is 3. The molecule has 3 aromatic rings. The van der Waals surface area contributed by atoms with Gasteiger partial charge in [0.25, 0.3) is 5.17 Å². The van der Waals surface area contributed by atoms with Gasteiger partial charge in [0.05, 0.1) is 12.1 Å². The number of pyridine rings is 1. The fourth-order valence-corrected chi connectivity index (χ4v) is 3.75. The van der Waals surface area contributed by atoms with Gasteiger partial charge in [0.15, 0.2) is 0 Å². The highest BCUT2D eigenvalue weighted by Gasteiger charge is 2.19. The molecular weight excluding hydrogens is 442 g/mol. The first-order valence-corrected chi connectivity index (χ1v) is 11.6. The number of aromatic nitrogens is 1. The van der Waals surface area contributed by atoms with Crippen LogP contribution in [0.2, 0.25) is 0 Å². The van der Waals surface area contributed by atoms with Crippen molar-refractivity contribution in [1.82, 2.24) is 4.98 Å². The number of thiophene rings is 1. The summed E-state index contributed by atoms with van der Waals surface area (Å²) in [5.74, 6) is 1.85. The fraction of sp³-hybridized carbons (Fsp3) is 0.333. The monoisotopic (exact) mass is 471 g/mol. The van der Waals surface area contributed by atoms with E-state index in [2.05, 4.69) is 26.7 Å². The molecule has 0 unspecified atom stereocenters. The van der Waals surface area contributed by atoms with Gasteiger partial charge in [-0.3, -0.25) is 4.90 Å². The van der Waals surface area contributed by atoms with Gasteiger partial charge in [0.2, 0.25) is 5.88 Å². The van der Waals surface area contributed by atoms with Crippen LogP contribution in [0.5, 0.6) is 11.6 Å². The van der Waals surface area contributed by atoms with Gasteiger partial charge in [-0.15, -0.1) is 0 Å². The predicted molar refractivity (Wildman–Crippen MR) is 135 cm³/mol. The Kier molecular flexibility index (Phi) is 8.06. The van der Waals surface area contributed by atoms with Crippen LogP contribution in [-0.4, -0.2) is 44.5 Å². The molecule has 0 aliphatic heterocycles. The van der Waals surface area contributed by atoms with E-state index in [0.29, 0.717) is 29.2 Å². The minimum atomic E-state index is -0.362. The number of hydrogen-bond donors (Lipinski definition) is 0. The van der Waals surface area contributed by atoms with E-state index in [4.69, 9.17) is 26.4 Å². The highest BCUT2D eigenvalue weighted by molar-refractivity contribution is 7.80. The van der Waals surface area contributed by atoms with Crippen molar-refractivity contribution in [3.05, 3.63) is 64.9 Å². The van der Waals surface area contributed by atoms with Gasteiger partial charge in [-0.25, -0.2) is 0 Å². The molecule has 0 atom stereocenters. The Balaban J connectivity index is 1.56. The summed E-state index contributed by atoms with van der Waals surface area (Å²) in [5.41, 5.74) is 1.88. The number of ether oxygens (including phenoxy) is 3. The average molecular weight is 472 g/mol. The third-order valence-corrected chi connectivity index (χ3v) is 6.24. The van der Waals surface area contributed by atoms with Crippen molar-refractivity contribution < 1.29 is 14.2 Å². The lowest BCUT2D eigenvalue weighted by Crippen LogP contribution is -2.30. The summed E-state index contributed by atoms with van der Waals surface area (Å²) >= 11 is 7.15. The summed E-state index contributed by atoms with van der Waals surface area (Å²) in [6, 6.07) is 15.4. The number of hydrogen-bond acceptors (Lipinski definition) is 7. The van der Waals surface area contributed by atoms with Crippen molar-refractivity contribution in [2.45, 2.75) is 19.4 Å². The first kappa shape index (κ1) is 24.0. The van der Waals surface area contributed by atoms with Crippen molar-refractivity contribution in [2.24, 2.45) is 0 Å². The highest BCUT2D eigenvalue weighted by Crippen LogP contribution is 2.26. The molecule has 0 spiro atoms. The Morgan fingerprint density at radius 1 is 1.09 bits per heavy atom. The van der Waals surface area contributed by atoms with Crippen LogP contribution in [0.1, 0.15) is 19.4 Å². The topological polar surface area (TPSA) is 47.1 Å². The van der Waals surface area contributed by atoms with Crippen LogP contribution in [0.15, 0.2) is 59.3 Å². The van der Waals surface area contributed by atoms with Crippen LogP contribution in [0, 0.1) is 0 Å². The molecule has 8 heteroatoms. The Morgan fingerprint density at radius 3 is 2.50 bits per heavy atom. The van der Waals surface area contributed by atoms with E-state index in [-0.39, 0.29) is 5.60 Å².